The van der Waals surface area contributed by atoms with Crippen LogP contribution in [0.25, 0.3) is 0 Å². The van der Waals surface area contributed by atoms with Gasteiger partial charge >= 0.3 is 0 Å². The minimum atomic E-state index is -0.171. The third-order valence-corrected chi connectivity index (χ3v) is 4.55. The van der Waals surface area contributed by atoms with Crippen molar-refractivity contribution in [3.05, 3.63) is 21.9 Å². The molecule has 1 aromatic heterocycles. The van der Waals surface area contributed by atoms with E-state index in [0.717, 1.165) is 44.8 Å². The van der Waals surface area contributed by atoms with Crippen molar-refractivity contribution in [2.24, 2.45) is 0 Å². The van der Waals surface area contributed by atoms with Crippen LogP contribution in [-0.4, -0.2) is 62.7 Å². The van der Waals surface area contributed by atoms with E-state index < -0.39 is 0 Å². The van der Waals surface area contributed by atoms with Crippen LogP contribution in [0.5, 0.6) is 0 Å². The lowest BCUT2D eigenvalue weighted by molar-refractivity contribution is -0.120. The summed E-state index contributed by atoms with van der Waals surface area (Å²) in [6, 6.07) is 1.95. The highest BCUT2D eigenvalue weighted by atomic mass is 32.1. The van der Waals surface area contributed by atoms with Crippen LogP contribution in [0.2, 0.25) is 0 Å². The van der Waals surface area contributed by atoms with Crippen molar-refractivity contribution in [1.29, 1.82) is 0 Å². The molecule has 0 radical (unpaired) electrons. The lowest BCUT2D eigenvalue weighted by atomic mass is 10.2. The SMILES string of the molecule is CCc1ccsc1C(=O)NCC(=O)NCCN1CCOCC1. The van der Waals surface area contributed by atoms with Crippen LogP contribution in [0, 0.1) is 0 Å². The molecule has 0 spiro atoms. The molecule has 0 bridgehead atoms. The lowest BCUT2D eigenvalue weighted by Crippen LogP contribution is -2.43. The number of morpholine rings is 1. The smallest absolute Gasteiger partial charge is 0.262 e. The Morgan fingerprint density at radius 2 is 2.09 bits per heavy atom. The van der Waals surface area contributed by atoms with E-state index in [1.54, 1.807) is 0 Å². The number of nitrogens with one attached hydrogen (secondary N) is 2. The number of hydrogen-bond acceptors (Lipinski definition) is 5. The molecule has 22 heavy (non-hydrogen) atoms. The number of ether oxygens (including phenoxy) is 1. The molecule has 0 aliphatic carbocycles. The normalized spacial score (nSPS) is 15.5. The second kappa shape index (κ2) is 8.87. The van der Waals surface area contributed by atoms with E-state index in [2.05, 4.69) is 15.5 Å². The highest BCUT2D eigenvalue weighted by Gasteiger charge is 2.13. The number of rotatable bonds is 7. The molecule has 6 nitrogen and oxygen atoms in total. The van der Waals surface area contributed by atoms with Crippen LogP contribution in [0.3, 0.4) is 0 Å². The lowest BCUT2D eigenvalue weighted by Gasteiger charge is -2.26. The molecule has 0 unspecified atom stereocenters. The topological polar surface area (TPSA) is 70.7 Å². The summed E-state index contributed by atoms with van der Waals surface area (Å²) in [7, 11) is 0. The molecule has 1 aliphatic rings. The number of carbonyl (C=O) groups is 2. The predicted molar refractivity (Wildman–Crippen MR) is 86.3 cm³/mol. The Kier molecular flexibility index (Phi) is 6.82. The first-order chi connectivity index (χ1) is 10.7. The average Bonchev–Trinajstić information content (AvgIpc) is 3.02. The van der Waals surface area contributed by atoms with Crippen molar-refractivity contribution in [2.75, 3.05) is 45.9 Å². The van der Waals surface area contributed by atoms with Crippen molar-refractivity contribution >= 4 is 23.2 Å². The third kappa shape index (κ3) is 5.08. The Bertz CT molecular complexity index is 498. The van der Waals surface area contributed by atoms with Gasteiger partial charge in [-0.15, -0.1) is 11.3 Å². The first kappa shape index (κ1) is 16.9. The van der Waals surface area contributed by atoms with Gasteiger partial charge in [0.25, 0.3) is 5.91 Å². The quantitative estimate of drug-likeness (QED) is 0.765. The third-order valence-electron chi connectivity index (χ3n) is 3.60. The summed E-state index contributed by atoms with van der Waals surface area (Å²) in [5.74, 6) is -0.327. The van der Waals surface area contributed by atoms with E-state index in [1.807, 2.05) is 18.4 Å². The van der Waals surface area contributed by atoms with Gasteiger partial charge in [0.1, 0.15) is 0 Å². The molecule has 1 fully saturated rings. The summed E-state index contributed by atoms with van der Waals surface area (Å²) < 4.78 is 5.27. The number of thiophene rings is 1. The Labute approximate surface area is 134 Å². The molecule has 7 heteroatoms. The van der Waals surface area contributed by atoms with E-state index in [1.165, 1.54) is 11.3 Å². The van der Waals surface area contributed by atoms with E-state index in [-0.39, 0.29) is 18.4 Å². The van der Waals surface area contributed by atoms with Gasteiger partial charge in [0.05, 0.1) is 24.6 Å². The van der Waals surface area contributed by atoms with E-state index in [0.29, 0.717) is 11.4 Å². The maximum absolute atomic E-state index is 12.0. The Balaban J connectivity index is 1.63. The van der Waals surface area contributed by atoms with Gasteiger partial charge in [-0.05, 0) is 23.4 Å². The molecule has 0 aromatic carbocycles. The molecule has 1 aliphatic heterocycles. The van der Waals surface area contributed by atoms with Gasteiger partial charge in [-0.1, -0.05) is 6.92 Å². The Hall–Kier alpha value is -1.44. The second-order valence-electron chi connectivity index (χ2n) is 5.12. The van der Waals surface area contributed by atoms with Gasteiger partial charge in [0, 0.05) is 26.2 Å². The predicted octanol–water partition coefficient (Wildman–Crippen LogP) is 0.489. The van der Waals surface area contributed by atoms with Gasteiger partial charge in [0.2, 0.25) is 5.91 Å². The Morgan fingerprint density at radius 3 is 2.82 bits per heavy atom. The highest BCUT2D eigenvalue weighted by Crippen LogP contribution is 2.16. The van der Waals surface area contributed by atoms with Crippen molar-refractivity contribution < 1.29 is 14.3 Å². The summed E-state index contributed by atoms with van der Waals surface area (Å²) in [6.07, 6.45) is 0.817. The van der Waals surface area contributed by atoms with Crippen molar-refractivity contribution in [3.63, 3.8) is 0 Å². The number of carbonyl (C=O) groups excluding carboxylic acids is 2. The molecule has 0 saturated carbocycles. The molecule has 2 heterocycles. The summed E-state index contributed by atoms with van der Waals surface area (Å²) in [5, 5.41) is 7.40. The van der Waals surface area contributed by atoms with E-state index >= 15 is 0 Å². The molecule has 1 aromatic rings. The van der Waals surface area contributed by atoms with Crippen LogP contribution >= 0.6 is 11.3 Å². The summed E-state index contributed by atoms with van der Waals surface area (Å²) in [4.78, 5) is 26.7. The van der Waals surface area contributed by atoms with Gasteiger partial charge in [-0.25, -0.2) is 0 Å². The molecule has 2 N–H and O–H groups in total. The molecule has 0 atom stereocenters. The largest absolute Gasteiger partial charge is 0.379 e. The standard InChI is InChI=1S/C15H23N3O3S/c1-2-12-3-10-22-14(12)15(20)17-11-13(19)16-4-5-18-6-8-21-9-7-18/h3,10H,2,4-9,11H2,1H3,(H,16,19)(H,17,20). The molecular formula is C15H23N3O3S. The van der Waals surface area contributed by atoms with Crippen molar-refractivity contribution in [3.8, 4) is 0 Å². The van der Waals surface area contributed by atoms with Crippen molar-refractivity contribution in [2.45, 2.75) is 13.3 Å². The minimum absolute atomic E-state index is 0.0169. The van der Waals surface area contributed by atoms with Gasteiger partial charge in [-0.3, -0.25) is 14.5 Å². The van der Waals surface area contributed by atoms with E-state index in [9.17, 15) is 9.59 Å². The molecule has 2 rings (SSSR count). The van der Waals surface area contributed by atoms with Crippen LogP contribution in [-0.2, 0) is 16.0 Å². The van der Waals surface area contributed by atoms with Gasteiger partial charge < -0.3 is 15.4 Å². The molecular weight excluding hydrogens is 302 g/mol. The maximum atomic E-state index is 12.0. The Morgan fingerprint density at radius 1 is 1.32 bits per heavy atom. The number of aryl methyl sites for hydroxylation is 1. The first-order valence-electron chi connectivity index (χ1n) is 7.62. The minimum Gasteiger partial charge on any atom is -0.379 e. The first-order valence-corrected chi connectivity index (χ1v) is 8.50. The fourth-order valence-electron chi connectivity index (χ4n) is 2.29. The fourth-order valence-corrected chi connectivity index (χ4v) is 3.21. The zero-order valence-electron chi connectivity index (χ0n) is 12.9. The average molecular weight is 325 g/mol. The van der Waals surface area contributed by atoms with Crippen LogP contribution in [0.15, 0.2) is 11.4 Å². The van der Waals surface area contributed by atoms with Crippen molar-refractivity contribution in [1.82, 2.24) is 15.5 Å². The summed E-state index contributed by atoms with van der Waals surface area (Å²) in [5.41, 5.74) is 1.02. The summed E-state index contributed by atoms with van der Waals surface area (Å²) >= 11 is 1.41. The summed E-state index contributed by atoms with van der Waals surface area (Å²) in [6.45, 7) is 6.76. The fraction of sp³-hybridized carbons (Fsp3) is 0.600. The molecule has 122 valence electrons. The number of amides is 2. The van der Waals surface area contributed by atoms with Gasteiger partial charge in [-0.2, -0.15) is 0 Å². The molecule has 1 saturated heterocycles. The second-order valence-corrected chi connectivity index (χ2v) is 6.03. The van der Waals surface area contributed by atoms with E-state index in [4.69, 9.17) is 4.74 Å². The van der Waals surface area contributed by atoms with Crippen LogP contribution in [0.4, 0.5) is 0 Å². The monoisotopic (exact) mass is 325 g/mol. The highest BCUT2D eigenvalue weighted by molar-refractivity contribution is 7.12. The molecule has 2 amide bonds. The van der Waals surface area contributed by atoms with Crippen LogP contribution < -0.4 is 10.6 Å². The number of hydrogen-bond donors (Lipinski definition) is 2. The van der Waals surface area contributed by atoms with Crippen LogP contribution in [0.1, 0.15) is 22.2 Å². The zero-order chi connectivity index (χ0) is 15.8. The van der Waals surface area contributed by atoms with Gasteiger partial charge in [0.15, 0.2) is 0 Å². The zero-order valence-corrected chi connectivity index (χ0v) is 13.7. The number of nitrogens with zero attached hydrogens (tertiary/aromatic N) is 1. The maximum Gasteiger partial charge on any atom is 0.262 e.